The third kappa shape index (κ3) is 5.25. The Hall–Kier alpha value is -2.58. The van der Waals surface area contributed by atoms with Gasteiger partial charge in [0.2, 0.25) is 5.91 Å². The summed E-state index contributed by atoms with van der Waals surface area (Å²) in [5.41, 5.74) is 5.16. The fourth-order valence-corrected chi connectivity index (χ4v) is 6.95. The Morgan fingerprint density at radius 1 is 1.11 bits per heavy atom. The summed E-state index contributed by atoms with van der Waals surface area (Å²) >= 11 is 2.93. The number of nitrogens with one attached hydrogen (secondary N) is 1. The molecule has 1 atom stereocenters. The standard InChI is InChI=1S/C28H33N3O3S2/c1-17-6-8-20(9-7-17)27(32)31(22-4-3-5-22)24-14-25(36-26(24)28(33)34)19-10-12-21(13-11-19)30-18(2)23-15-35-16-29-23/h10-14,16-17,20,22-23,30H,2-9,15H2,1H3,(H,33,34). The molecular weight excluding hydrogens is 490 g/mol. The second kappa shape index (κ2) is 10.8. The number of nitrogens with zero attached hydrogens (tertiary/aromatic N) is 2. The second-order valence-corrected chi connectivity index (χ2v) is 12.1. The van der Waals surface area contributed by atoms with Gasteiger partial charge in [0.05, 0.1) is 17.3 Å². The van der Waals surface area contributed by atoms with E-state index >= 15 is 0 Å². The van der Waals surface area contributed by atoms with Crippen LogP contribution in [-0.4, -0.2) is 40.4 Å². The number of aromatic carboxylic acids is 1. The lowest BCUT2D eigenvalue weighted by Gasteiger charge is -2.40. The molecule has 3 aliphatic rings. The zero-order valence-corrected chi connectivity index (χ0v) is 22.2. The maximum atomic E-state index is 13.7. The summed E-state index contributed by atoms with van der Waals surface area (Å²) in [5, 5.41) is 13.4. The Kier molecular flexibility index (Phi) is 7.53. The number of benzene rings is 1. The van der Waals surface area contributed by atoms with Crippen molar-refractivity contribution in [3.8, 4) is 10.4 Å². The summed E-state index contributed by atoms with van der Waals surface area (Å²) in [4.78, 5) is 33.4. The average Bonchev–Trinajstić information content (AvgIpc) is 3.53. The number of thioether (sulfide) groups is 1. The Bertz CT molecular complexity index is 1160. The van der Waals surface area contributed by atoms with Crippen LogP contribution in [0.4, 0.5) is 11.4 Å². The Morgan fingerprint density at radius 2 is 1.83 bits per heavy atom. The van der Waals surface area contributed by atoms with E-state index in [0.29, 0.717) is 11.6 Å². The molecule has 2 aromatic rings. The van der Waals surface area contributed by atoms with Crippen LogP contribution in [0.5, 0.6) is 0 Å². The lowest BCUT2D eigenvalue weighted by molar-refractivity contribution is -0.124. The molecule has 1 unspecified atom stereocenters. The van der Waals surface area contributed by atoms with Crippen molar-refractivity contribution in [2.75, 3.05) is 16.0 Å². The van der Waals surface area contributed by atoms with Crippen LogP contribution in [0.15, 0.2) is 47.6 Å². The molecule has 0 bridgehead atoms. The summed E-state index contributed by atoms with van der Waals surface area (Å²) in [6, 6.07) is 10.0. The van der Waals surface area contributed by atoms with E-state index in [1.807, 2.05) is 40.8 Å². The Morgan fingerprint density at radius 3 is 2.42 bits per heavy atom. The Balaban J connectivity index is 1.39. The van der Waals surface area contributed by atoms with Gasteiger partial charge in [-0.3, -0.25) is 9.79 Å². The number of carboxylic acids is 1. The van der Waals surface area contributed by atoms with Crippen molar-refractivity contribution in [3.63, 3.8) is 0 Å². The van der Waals surface area contributed by atoms with Crippen molar-refractivity contribution in [2.45, 2.75) is 64.0 Å². The molecule has 5 rings (SSSR count). The number of carboxylic acid groups (broad SMARTS) is 1. The predicted molar refractivity (Wildman–Crippen MR) is 150 cm³/mol. The fraction of sp³-hybridized carbons (Fsp3) is 0.464. The first-order valence-electron chi connectivity index (χ1n) is 12.8. The minimum atomic E-state index is -0.972. The van der Waals surface area contributed by atoms with Crippen LogP contribution in [0.2, 0.25) is 0 Å². The van der Waals surface area contributed by atoms with Crippen molar-refractivity contribution in [3.05, 3.63) is 47.5 Å². The van der Waals surface area contributed by atoms with Crippen LogP contribution in [-0.2, 0) is 4.79 Å². The number of amides is 1. The topological polar surface area (TPSA) is 82.0 Å². The maximum Gasteiger partial charge on any atom is 0.348 e. The molecule has 2 aliphatic carbocycles. The molecule has 2 N–H and O–H groups in total. The van der Waals surface area contributed by atoms with Crippen LogP contribution < -0.4 is 10.2 Å². The minimum absolute atomic E-state index is 0.00662. The van der Waals surface area contributed by atoms with E-state index in [4.69, 9.17) is 0 Å². The van der Waals surface area contributed by atoms with E-state index in [1.165, 1.54) is 11.3 Å². The molecule has 0 saturated heterocycles. The van der Waals surface area contributed by atoms with Gasteiger partial charge in [0.1, 0.15) is 4.88 Å². The average molecular weight is 524 g/mol. The van der Waals surface area contributed by atoms with Crippen molar-refractivity contribution in [1.29, 1.82) is 0 Å². The van der Waals surface area contributed by atoms with Crippen molar-refractivity contribution in [1.82, 2.24) is 0 Å². The van der Waals surface area contributed by atoms with Gasteiger partial charge >= 0.3 is 5.97 Å². The molecule has 36 heavy (non-hydrogen) atoms. The molecular formula is C28H33N3O3S2. The maximum absolute atomic E-state index is 13.7. The molecule has 2 saturated carbocycles. The highest BCUT2D eigenvalue weighted by molar-refractivity contribution is 8.12. The summed E-state index contributed by atoms with van der Waals surface area (Å²) in [5.74, 6) is 0.695. The lowest BCUT2D eigenvalue weighted by Crippen LogP contribution is -2.48. The molecule has 1 aromatic heterocycles. The molecule has 2 heterocycles. The quantitative estimate of drug-likeness (QED) is 0.393. The number of hydrogen-bond donors (Lipinski definition) is 2. The molecule has 1 aliphatic heterocycles. The molecule has 6 nitrogen and oxygen atoms in total. The van der Waals surface area contributed by atoms with E-state index in [1.54, 1.807) is 11.8 Å². The smallest absolute Gasteiger partial charge is 0.348 e. The largest absolute Gasteiger partial charge is 0.477 e. The van der Waals surface area contributed by atoms with Crippen molar-refractivity contribution >= 4 is 51.9 Å². The van der Waals surface area contributed by atoms with Crippen LogP contribution in [0.25, 0.3) is 10.4 Å². The normalized spacial score (nSPS) is 23.8. The van der Waals surface area contributed by atoms with Crippen LogP contribution in [0, 0.1) is 11.8 Å². The van der Waals surface area contributed by atoms with Gasteiger partial charge < -0.3 is 15.3 Å². The SMILES string of the molecule is C=C(Nc1ccc(-c2cc(N(C(=O)C3CCC(C)CC3)C3CCC3)c(C(=O)O)s2)cc1)C1CSC=N1. The zero-order chi connectivity index (χ0) is 25.2. The molecule has 2 fully saturated rings. The number of carbonyl (C=O) groups is 2. The van der Waals surface area contributed by atoms with Crippen LogP contribution in [0.1, 0.15) is 61.5 Å². The van der Waals surface area contributed by atoms with E-state index in [-0.39, 0.29) is 28.8 Å². The molecule has 0 spiro atoms. The van der Waals surface area contributed by atoms with Gasteiger partial charge in [0, 0.05) is 34.0 Å². The molecule has 1 amide bonds. The summed E-state index contributed by atoms with van der Waals surface area (Å²) in [6.07, 6.45) is 6.88. The van der Waals surface area contributed by atoms with E-state index < -0.39 is 5.97 Å². The van der Waals surface area contributed by atoms with Gasteiger partial charge in [0.15, 0.2) is 0 Å². The van der Waals surface area contributed by atoms with Gasteiger partial charge in [0.25, 0.3) is 0 Å². The lowest BCUT2D eigenvalue weighted by atomic mass is 9.81. The van der Waals surface area contributed by atoms with Gasteiger partial charge in [-0.05, 0) is 74.6 Å². The molecule has 8 heteroatoms. The first kappa shape index (κ1) is 25.1. The second-order valence-electron chi connectivity index (χ2n) is 10.2. The number of rotatable bonds is 8. The highest BCUT2D eigenvalue weighted by atomic mass is 32.2. The van der Waals surface area contributed by atoms with Gasteiger partial charge in [-0.15, -0.1) is 23.1 Å². The minimum Gasteiger partial charge on any atom is -0.477 e. The third-order valence-corrected chi connectivity index (χ3v) is 9.59. The third-order valence-electron chi connectivity index (χ3n) is 7.65. The number of anilines is 2. The molecule has 0 radical (unpaired) electrons. The number of hydrogen-bond acceptors (Lipinski definition) is 6. The number of carbonyl (C=O) groups excluding carboxylic acids is 1. The summed E-state index contributed by atoms with van der Waals surface area (Å²) < 4.78 is 0. The monoisotopic (exact) mass is 523 g/mol. The van der Waals surface area contributed by atoms with Crippen LogP contribution >= 0.6 is 23.1 Å². The molecule has 1 aromatic carbocycles. The summed E-state index contributed by atoms with van der Waals surface area (Å²) in [6.45, 7) is 6.36. The van der Waals surface area contributed by atoms with Gasteiger partial charge in [-0.2, -0.15) is 0 Å². The fourth-order valence-electron chi connectivity index (χ4n) is 5.17. The Labute approximate surface area is 220 Å². The first-order chi connectivity index (χ1) is 17.4. The van der Waals surface area contributed by atoms with E-state index in [2.05, 4.69) is 23.8 Å². The number of thiophene rings is 1. The molecule has 190 valence electrons. The van der Waals surface area contributed by atoms with Crippen LogP contribution in [0.3, 0.4) is 0 Å². The van der Waals surface area contributed by atoms with Gasteiger partial charge in [-0.1, -0.05) is 25.6 Å². The summed E-state index contributed by atoms with van der Waals surface area (Å²) in [7, 11) is 0. The number of aliphatic imine (C=N–C) groups is 1. The highest BCUT2D eigenvalue weighted by Gasteiger charge is 2.38. The highest BCUT2D eigenvalue weighted by Crippen LogP contribution is 2.42. The zero-order valence-electron chi connectivity index (χ0n) is 20.6. The van der Waals surface area contributed by atoms with E-state index in [0.717, 1.165) is 72.5 Å². The van der Waals surface area contributed by atoms with E-state index in [9.17, 15) is 14.7 Å². The van der Waals surface area contributed by atoms with Crippen molar-refractivity contribution in [2.24, 2.45) is 16.8 Å². The van der Waals surface area contributed by atoms with Crippen molar-refractivity contribution < 1.29 is 14.7 Å². The van der Waals surface area contributed by atoms with Gasteiger partial charge in [-0.25, -0.2) is 4.79 Å². The first-order valence-corrected chi connectivity index (χ1v) is 14.7. The predicted octanol–water partition coefficient (Wildman–Crippen LogP) is 6.89.